The Morgan fingerprint density at radius 2 is 1.81 bits per heavy atom. The minimum absolute atomic E-state index is 0.376. The first-order chi connectivity index (χ1) is 14.9. The average Bonchev–Trinajstić information content (AvgIpc) is 2.99. The van der Waals surface area contributed by atoms with Crippen LogP contribution in [0, 0.1) is 0 Å². The number of imide groups is 1. The van der Waals surface area contributed by atoms with Gasteiger partial charge in [0.2, 0.25) is 5.91 Å². The Balaban J connectivity index is 1.50. The maximum absolute atomic E-state index is 13.0. The summed E-state index contributed by atoms with van der Waals surface area (Å²) in [5.41, 5.74) is 0.938. The minimum Gasteiger partial charge on any atom is -0.370 e. The lowest BCUT2D eigenvalue weighted by Gasteiger charge is -2.30. The summed E-state index contributed by atoms with van der Waals surface area (Å²) in [4.78, 5) is 41.5. The van der Waals surface area contributed by atoms with Gasteiger partial charge in [0.05, 0.1) is 11.4 Å². The number of nitrogens with zero attached hydrogens (tertiary/aromatic N) is 2. The molecule has 2 N–H and O–H groups in total. The number of nitrogens with one attached hydrogen (secondary N) is 2. The Hall–Kier alpha value is -3.06. The van der Waals surface area contributed by atoms with E-state index in [1.54, 1.807) is 43.3 Å². The van der Waals surface area contributed by atoms with Crippen molar-refractivity contribution in [3.05, 3.63) is 59.1 Å². The van der Waals surface area contributed by atoms with Crippen molar-refractivity contribution in [1.82, 2.24) is 10.2 Å². The summed E-state index contributed by atoms with van der Waals surface area (Å²) in [6.07, 6.45) is 3.38. The second kappa shape index (κ2) is 8.59. The molecule has 4 amide bonds. The smallest absolute Gasteiger partial charge is 0.325 e. The number of carbonyl (C=O) groups is 3. The van der Waals surface area contributed by atoms with Crippen LogP contribution in [0.15, 0.2) is 48.5 Å². The first kappa shape index (κ1) is 21.2. The zero-order valence-electron chi connectivity index (χ0n) is 17.4. The van der Waals surface area contributed by atoms with E-state index in [-0.39, 0.29) is 6.54 Å². The Kier molecular flexibility index (Phi) is 5.87. The van der Waals surface area contributed by atoms with Crippen LogP contribution in [-0.2, 0) is 15.1 Å². The van der Waals surface area contributed by atoms with Gasteiger partial charge < -0.3 is 15.5 Å². The summed E-state index contributed by atoms with van der Waals surface area (Å²) in [5, 5.41) is 6.06. The Labute approximate surface area is 186 Å². The lowest BCUT2D eigenvalue weighted by molar-refractivity contribution is -0.133. The van der Waals surface area contributed by atoms with Crippen LogP contribution in [0.3, 0.4) is 0 Å². The molecule has 2 saturated heterocycles. The van der Waals surface area contributed by atoms with E-state index in [1.165, 1.54) is 6.42 Å². The highest BCUT2D eigenvalue weighted by atomic mass is 35.5. The van der Waals surface area contributed by atoms with Gasteiger partial charge in [-0.05, 0) is 49.9 Å². The number of halogens is 1. The van der Waals surface area contributed by atoms with Gasteiger partial charge in [-0.25, -0.2) is 4.79 Å². The van der Waals surface area contributed by atoms with Gasteiger partial charge in [-0.3, -0.25) is 14.5 Å². The van der Waals surface area contributed by atoms with Crippen LogP contribution in [0.4, 0.5) is 16.2 Å². The standard InChI is InChI=1S/C23H25ClN4O3/c1-23(16-8-4-2-5-9-16)21(30)28(22(31)26-23)15-20(29)25-18-14-17(24)10-11-19(18)27-12-6-3-7-13-27/h2,4-5,8-11,14H,3,6-7,12-13,15H2,1H3,(H,25,29)(H,26,31)/t23-/m1/s1. The molecule has 2 aliphatic rings. The third kappa shape index (κ3) is 4.23. The van der Waals surface area contributed by atoms with Gasteiger partial charge in [-0.1, -0.05) is 41.9 Å². The van der Waals surface area contributed by atoms with Crippen molar-refractivity contribution in [3.8, 4) is 0 Å². The second-order valence-electron chi connectivity index (χ2n) is 8.07. The van der Waals surface area contributed by atoms with Gasteiger partial charge in [0, 0.05) is 18.1 Å². The SMILES string of the molecule is C[C@]1(c2ccccc2)NC(=O)N(CC(=O)Nc2cc(Cl)ccc2N2CCCCC2)C1=O. The van der Waals surface area contributed by atoms with Crippen LogP contribution in [0.1, 0.15) is 31.7 Å². The predicted octanol–water partition coefficient (Wildman–Crippen LogP) is 3.74. The summed E-state index contributed by atoms with van der Waals surface area (Å²) in [6.45, 7) is 3.09. The predicted molar refractivity (Wildman–Crippen MR) is 120 cm³/mol. The lowest BCUT2D eigenvalue weighted by Crippen LogP contribution is -2.42. The number of benzene rings is 2. The second-order valence-corrected chi connectivity index (χ2v) is 8.51. The molecule has 0 aliphatic carbocycles. The van der Waals surface area contributed by atoms with E-state index in [0.717, 1.165) is 36.5 Å². The maximum Gasteiger partial charge on any atom is 0.325 e. The van der Waals surface area contributed by atoms with Gasteiger partial charge in [0.1, 0.15) is 12.1 Å². The fourth-order valence-corrected chi connectivity index (χ4v) is 4.33. The normalized spacial score (nSPS) is 21.2. The summed E-state index contributed by atoms with van der Waals surface area (Å²) < 4.78 is 0. The molecular weight excluding hydrogens is 416 g/mol. The number of amides is 4. The summed E-state index contributed by atoms with van der Waals surface area (Å²) in [7, 11) is 0. The molecule has 2 aromatic rings. The molecule has 0 aromatic heterocycles. The van der Waals surface area contributed by atoms with E-state index < -0.39 is 23.4 Å². The zero-order chi connectivity index (χ0) is 22.0. The van der Waals surface area contributed by atoms with Gasteiger partial charge in [0.25, 0.3) is 5.91 Å². The maximum atomic E-state index is 13.0. The van der Waals surface area contributed by atoms with E-state index in [4.69, 9.17) is 11.6 Å². The number of urea groups is 1. The van der Waals surface area contributed by atoms with Crippen molar-refractivity contribution in [2.75, 3.05) is 29.9 Å². The van der Waals surface area contributed by atoms with E-state index in [9.17, 15) is 14.4 Å². The van der Waals surface area contributed by atoms with E-state index in [0.29, 0.717) is 16.3 Å². The van der Waals surface area contributed by atoms with Crippen molar-refractivity contribution in [1.29, 1.82) is 0 Å². The topological polar surface area (TPSA) is 81.8 Å². The first-order valence-electron chi connectivity index (χ1n) is 10.4. The molecule has 1 atom stereocenters. The fourth-order valence-electron chi connectivity index (χ4n) is 4.16. The van der Waals surface area contributed by atoms with Crippen LogP contribution in [0.2, 0.25) is 5.02 Å². The van der Waals surface area contributed by atoms with Crippen molar-refractivity contribution in [2.45, 2.75) is 31.7 Å². The molecule has 0 radical (unpaired) electrons. The molecule has 31 heavy (non-hydrogen) atoms. The number of anilines is 2. The van der Waals surface area contributed by atoms with Crippen LogP contribution in [0.5, 0.6) is 0 Å². The highest BCUT2D eigenvalue weighted by Crippen LogP contribution is 2.32. The Bertz CT molecular complexity index is 1010. The van der Waals surface area contributed by atoms with Crippen LogP contribution in [0.25, 0.3) is 0 Å². The molecule has 4 rings (SSSR count). The van der Waals surface area contributed by atoms with E-state index >= 15 is 0 Å². The molecule has 7 nitrogen and oxygen atoms in total. The number of piperidine rings is 1. The number of carbonyl (C=O) groups excluding carboxylic acids is 3. The zero-order valence-corrected chi connectivity index (χ0v) is 18.1. The highest BCUT2D eigenvalue weighted by molar-refractivity contribution is 6.31. The van der Waals surface area contributed by atoms with Crippen molar-refractivity contribution >= 4 is 40.8 Å². The van der Waals surface area contributed by atoms with Crippen LogP contribution < -0.4 is 15.5 Å². The molecule has 0 unspecified atom stereocenters. The van der Waals surface area contributed by atoms with Gasteiger partial charge in [0.15, 0.2) is 0 Å². The summed E-state index contributed by atoms with van der Waals surface area (Å²) in [5.74, 6) is -0.914. The molecule has 0 spiro atoms. The quantitative estimate of drug-likeness (QED) is 0.694. The van der Waals surface area contributed by atoms with Crippen molar-refractivity contribution < 1.29 is 14.4 Å². The molecule has 2 fully saturated rings. The third-order valence-electron chi connectivity index (χ3n) is 5.86. The minimum atomic E-state index is -1.20. The number of hydrogen-bond donors (Lipinski definition) is 2. The molecule has 2 aliphatic heterocycles. The molecule has 0 bridgehead atoms. The summed E-state index contributed by atoms with van der Waals surface area (Å²) >= 11 is 6.16. The highest BCUT2D eigenvalue weighted by Gasteiger charge is 2.49. The molecule has 8 heteroatoms. The molecule has 2 heterocycles. The van der Waals surface area contributed by atoms with Crippen LogP contribution >= 0.6 is 11.6 Å². The number of hydrogen-bond acceptors (Lipinski definition) is 4. The van der Waals surface area contributed by atoms with Crippen molar-refractivity contribution in [2.24, 2.45) is 0 Å². The van der Waals surface area contributed by atoms with Gasteiger partial charge in [-0.15, -0.1) is 0 Å². The Morgan fingerprint density at radius 1 is 1.10 bits per heavy atom. The van der Waals surface area contributed by atoms with Crippen molar-refractivity contribution in [3.63, 3.8) is 0 Å². The third-order valence-corrected chi connectivity index (χ3v) is 6.09. The first-order valence-corrected chi connectivity index (χ1v) is 10.8. The summed E-state index contributed by atoms with van der Waals surface area (Å²) in [6, 6.07) is 13.8. The largest absolute Gasteiger partial charge is 0.370 e. The average molecular weight is 441 g/mol. The van der Waals surface area contributed by atoms with Gasteiger partial charge >= 0.3 is 6.03 Å². The van der Waals surface area contributed by atoms with Crippen LogP contribution in [-0.4, -0.2) is 42.4 Å². The van der Waals surface area contributed by atoms with Gasteiger partial charge in [-0.2, -0.15) is 0 Å². The molecular formula is C23H25ClN4O3. The van der Waals surface area contributed by atoms with E-state index in [2.05, 4.69) is 15.5 Å². The fraction of sp³-hybridized carbons (Fsp3) is 0.348. The molecule has 2 aromatic carbocycles. The molecule has 0 saturated carbocycles. The number of rotatable bonds is 5. The Morgan fingerprint density at radius 3 is 2.52 bits per heavy atom. The lowest BCUT2D eigenvalue weighted by atomic mass is 9.92. The molecule has 162 valence electrons. The monoisotopic (exact) mass is 440 g/mol. The van der Waals surface area contributed by atoms with E-state index in [1.807, 2.05) is 12.1 Å².